The summed E-state index contributed by atoms with van der Waals surface area (Å²) in [5.41, 5.74) is -0.581. The first kappa shape index (κ1) is 22.9. The Bertz CT molecular complexity index is 1060. The summed E-state index contributed by atoms with van der Waals surface area (Å²) in [6, 6.07) is 10.9. The molecule has 1 atom stereocenters. The molecule has 0 bridgehead atoms. The van der Waals surface area contributed by atoms with Crippen molar-refractivity contribution in [3.63, 3.8) is 0 Å². The third-order valence-corrected chi connectivity index (χ3v) is 5.09. The van der Waals surface area contributed by atoms with Crippen LogP contribution in [0.4, 0.5) is 11.4 Å². The topological polar surface area (TPSA) is 110 Å². The Morgan fingerprint density at radius 3 is 2.41 bits per heavy atom. The molecular formula is C23H25N3O6. The van der Waals surface area contributed by atoms with Gasteiger partial charge in [-0.15, -0.1) is 0 Å². The lowest BCUT2D eigenvalue weighted by Crippen LogP contribution is -2.54. The summed E-state index contributed by atoms with van der Waals surface area (Å²) in [5, 5.41) is 11.1. The third-order valence-electron chi connectivity index (χ3n) is 5.09. The smallest absolute Gasteiger partial charge is 0.270 e. The van der Waals surface area contributed by atoms with Gasteiger partial charge in [0.15, 0.2) is 0 Å². The minimum Gasteiger partial charge on any atom is -0.494 e. The quantitative estimate of drug-likeness (QED) is 0.387. The number of benzene rings is 2. The van der Waals surface area contributed by atoms with Crippen molar-refractivity contribution in [3.8, 4) is 5.75 Å². The second-order valence-electron chi connectivity index (χ2n) is 8.37. The molecule has 2 aromatic rings. The van der Waals surface area contributed by atoms with Gasteiger partial charge in [-0.05, 0) is 58.0 Å². The molecular weight excluding hydrogens is 414 g/mol. The van der Waals surface area contributed by atoms with Gasteiger partial charge in [0.05, 0.1) is 23.6 Å². The predicted octanol–water partition coefficient (Wildman–Crippen LogP) is 3.57. The number of hydrogen-bond donors (Lipinski definition) is 0. The summed E-state index contributed by atoms with van der Waals surface area (Å²) >= 11 is 0. The first-order chi connectivity index (χ1) is 15.0. The van der Waals surface area contributed by atoms with Crippen LogP contribution in [0.25, 0.3) is 0 Å². The number of carbonyl (C=O) groups is 3. The summed E-state index contributed by atoms with van der Waals surface area (Å²) in [4.78, 5) is 52.4. The number of carbonyl (C=O) groups excluding carboxylic acids is 3. The van der Waals surface area contributed by atoms with E-state index in [1.807, 2.05) is 6.92 Å². The molecule has 3 rings (SSSR count). The van der Waals surface area contributed by atoms with Crippen LogP contribution in [0.15, 0.2) is 48.5 Å². The van der Waals surface area contributed by atoms with Crippen molar-refractivity contribution in [2.75, 3.05) is 11.5 Å². The molecule has 9 heteroatoms. The first-order valence-corrected chi connectivity index (χ1v) is 10.2. The molecule has 1 saturated heterocycles. The number of nitro benzene ring substituents is 1. The minimum absolute atomic E-state index is 0.0777. The normalized spacial score (nSPS) is 16.2. The minimum atomic E-state index is -1.03. The second-order valence-corrected chi connectivity index (χ2v) is 8.37. The Balaban J connectivity index is 1.94. The Morgan fingerprint density at radius 1 is 1.19 bits per heavy atom. The zero-order valence-electron chi connectivity index (χ0n) is 18.4. The molecule has 0 radical (unpaired) electrons. The Labute approximate surface area is 185 Å². The van der Waals surface area contributed by atoms with Gasteiger partial charge in [0, 0.05) is 23.2 Å². The van der Waals surface area contributed by atoms with Crippen molar-refractivity contribution in [1.29, 1.82) is 0 Å². The maximum Gasteiger partial charge on any atom is 0.270 e. The van der Waals surface area contributed by atoms with Gasteiger partial charge in [-0.25, -0.2) is 4.90 Å². The zero-order valence-corrected chi connectivity index (χ0v) is 18.4. The maximum atomic E-state index is 13.4. The summed E-state index contributed by atoms with van der Waals surface area (Å²) < 4.78 is 5.40. The van der Waals surface area contributed by atoms with Crippen molar-refractivity contribution in [2.45, 2.75) is 45.7 Å². The number of ether oxygens (including phenoxy) is 1. The van der Waals surface area contributed by atoms with Crippen LogP contribution in [0.1, 0.15) is 44.5 Å². The van der Waals surface area contributed by atoms with Crippen LogP contribution in [-0.4, -0.2) is 45.7 Å². The summed E-state index contributed by atoms with van der Waals surface area (Å²) in [7, 11) is 0. The lowest BCUT2D eigenvalue weighted by atomic mass is 9.99. The number of non-ortho nitro benzene ring substituents is 1. The Hall–Kier alpha value is -3.75. The van der Waals surface area contributed by atoms with Gasteiger partial charge in [-0.3, -0.25) is 24.5 Å². The summed E-state index contributed by atoms with van der Waals surface area (Å²) in [6.45, 7) is 7.59. The molecule has 2 aromatic carbocycles. The average molecular weight is 439 g/mol. The van der Waals surface area contributed by atoms with E-state index in [0.717, 1.165) is 4.90 Å². The SMILES string of the molecule is CCOc1ccc(N2C(=O)CC(N(C(=O)c3cccc([N+](=O)[O-])c3)C(C)(C)C)C2=O)cc1. The maximum absolute atomic E-state index is 13.4. The molecule has 1 fully saturated rings. The van der Waals surface area contributed by atoms with E-state index in [1.54, 1.807) is 45.0 Å². The van der Waals surface area contributed by atoms with E-state index in [1.165, 1.54) is 29.2 Å². The van der Waals surface area contributed by atoms with E-state index in [4.69, 9.17) is 4.74 Å². The Morgan fingerprint density at radius 2 is 1.84 bits per heavy atom. The van der Waals surface area contributed by atoms with Crippen LogP contribution in [-0.2, 0) is 9.59 Å². The molecule has 1 unspecified atom stereocenters. The van der Waals surface area contributed by atoms with Crippen LogP contribution >= 0.6 is 0 Å². The number of imide groups is 1. The van der Waals surface area contributed by atoms with Gasteiger partial charge in [0.2, 0.25) is 5.91 Å². The molecule has 1 aliphatic rings. The first-order valence-electron chi connectivity index (χ1n) is 10.2. The molecule has 3 amide bonds. The zero-order chi connectivity index (χ0) is 23.6. The van der Waals surface area contributed by atoms with Gasteiger partial charge in [0.25, 0.3) is 17.5 Å². The molecule has 1 aliphatic heterocycles. The van der Waals surface area contributed by atoms with E-state index < -0.39 is 34.2 Å². The van der Waals surface area contributed by atoms with E-state index in [2.05, 4.69) is 0 Å². The van der Waals surface area contributed by atoms with Crippen molar-refractivity contribution in [3.05, 3.63) is 64.2 Å². The highest BCUT2D eigenvalue weighted by atomic mass is 16.6. The number of anilines is 1. The van der Waals surface area contributed by atoms with Gasteiger partial charge in [0.1, 0.15) is 11.8 Å². The molecule has 168 valence electrons. The van der Waals surface area contributed by atoms with Gasteiger partial charge < -0.3 is 9.64 Å². The molecule has 0 saturated carbocycles. The van der Waals surface area contributed by atoms with E-state index in [0.29, 0.717) is 18.0 Å². The van der Waals surface area contributed by atoms with Crippen molar-refractivity contribution in [1.82, 2.24) is 4.90 Å². The standard InChI is InChI=1S/C23H25N3O6/c1-5-32-18-11-9-16(10-12-18)24-20(27)14-19(22(24)29)25(23(2,3)4)21(28)15-7-6-8-17(13-15)26(30)31/h6-13,19H,5,14H2,1-4H3. The molecule has 0 N–H and O–H groups in total. The van der Waals surface area contributed by atoms with Crippen LogP contribution in [0, 0.1) is 10.1 Å². The van der Waals surface area contributed by atoms with Crippen molar-refractivity contribution >= 4 is 29.1 Å². The number of nitrogens with zero attached hydrogens (tertiary/aromatic N) is 3. The van der Waals surface area contributed by atoms with Crippen molar-refractivity contribution in [2.24, 2.45) is 0 Å². The van der Waals surface area contributed by atoms with E-state index in [-0.39, 0.29) is 17.7 Å². The number of rotatable bonds is 6. The molecule has 0 aromatic heterocycles. The van der Waals surface area contributed by atoms with Crippen LogP contribution in [0.2, 0.25) is 0 Å². The molecule has 0 spiro atoms. The number of hydrogen-bond acceptors (Lipinski definition) is 6. The fourth-order valence-corrected chi connectivity index (χ4v) is 3.75. The lowest BCUT2D eigenvalue weighted by molar-refractivity contribution is -0.384. The highest BCUT2D eigenvalue weighted by molar-refractivity contribution is 6.23. The van der Waals surface area contributed by atoms with Gasteiger partial charge in [-0.1, -0.05) is 6.07 Å². The number of amides is 3. The largest absolute Gasteiger partial charge is 0.494 e. The number of nitro groups is 1. The van der Waals surface area contributed by atoms with Gasteiger partial charge in [-0.2, -0.15) is 0 Å². The molecule has 32 heavy (non-hydrogen) atoms. The average Bonchev–Trinajstić information content (AvgIpc) is 3.01. The summed E-state index contributed by atoms with van der Waals surface area (Å²) in [5.74, 6) is -0.886. The lowest BCUT2D eigenvalue weighted by Gasteiger charge is -2.39. The molecule has 0 aliphatic carbocycles. The monoisotopic (exact) mass is 439 g/mol. The Kier molecular flexibility index (Phi) is 6.29. The van der Waals surface area contributed by atoms with Gasteiger partial charge >= 0.3 is 0 Å². The fourth-order valence-electron chi connectivity index (χ4n) is 3.75. The van der Waals surface area contributed by atoms with Crippen LogP contribution in [0.3, 0.4) is 0 Å². The molecule has 9 nitrogen and oxygen atoms in total. The fraction of sp³-hybridized carbons (Fsp3) is 0.348. The van der Waals surface area contributed by atoms with Crippen LogP contribution < -0.4 is 9.64 Å². The highest BCUT2D eigenvalue weighted by Gasteiger charge is 2.47. The second kappa shape index (κ2) is 8.78. The van der Waals surface area contributed by atoms with Crippen molar-refractivity contribution < 1.29 is 24.0 Å². The van der Waals surface area contributed by atoms with Crippen LogP contribution in [0.5, 0.6) is 5.75 Å². The van der Waals surface area contributed by atoms with E-state index >= 15 is 0 Å². The highest BCUT2D eigenvalue weighted by Crippen LogP contribution is 2.32. The molecule has 1 heterocycles. The van der Waals surface area contributed by atoms with E-state index in [9.17, 15) is 24.5 Å². The summed E-state index contributed by atoms with van der Waals surface area (Å²) in [6.07, 6.45) is -0.177. The predicted molar refractivity (Wildman–Crippen MR) is 118 cm³/mol. The third kappa shape index (κ3) is 4.46.